The van der Waals surface area contributed by atoms with E-state index in [0.29, 0.717) is 12.5 Å². The van der Waals surface area contributed by atoms with Crippen LogP contribution in [0.2, 0.25) is 0 Å². The molecule has 1 unspecified atom stereocenters. The molecule has 9 heavy (non-hydrogen) atoms. The molecule has 1 aliphatic rings. The average molecular weight is 125 g/mol. The maximum absolute atomic E-state index is 8.14. The van der Waals surface area contributed by atoms with E-state index in [4.69, 9.17) is 5.26 Å². The van der Waals surface area contributed by atoms with Gasteiger partial charge in [-0.25, -0.2) is 0 Å². The van der Waals surface area contributed by atoms with E-state index in [1.165, 1.54) is 0 Å². The Labute approximate surface area is 55.1 Å². The molecule has 1 saturated heterocycles. The van der Waals surface area contributed by atoms with Gasteiger partial charge in [0, 0.05) is 32.1 Å². The summed E-state index contributed by atoms with van der Waals surface area (Å²) in [6.45, 7) is 2.98. The standard InChI is InChI=1S/C6H11N3/c7-2-1-3-8-4-6-5-9-6/h6,8-9H,1,3-5H2. The molecule has 0 spiro atoms. The van der Waals surface area contributed by atoms with E-state index < -0.39 is 0 Å². The second-order valence-electron chi connectivity index (χ2n) is 2.22. The zero-order chi connectivity index (χ0) is 6.53. The number of hydrogen-bond donors (Lipinski definition) is 2. The monoisotopic (exact) mass is 125 g/mol. The highest BCUT2D eigenvalue weighted by Crippen LogP contribution is 1.92. The van der Waals surface area contributed by atoms with Crippen molar-refractivity contribution in [3.05, 3.63) is 0 Å². The van der Waals surface area contributed by atoms with Gasteiger partial charge in [0.05, 0.1) is 6.07 Å². The Balaban J connectivity index is 1.77. The minimum absolute atomic E-state index is 0.618. The number of nitriles is 1. The Kier molecular flexibility index (Phi) is 2.49. The summed E-state index contributed by atoms with van der Waals surface area (Å²) in [5.74, 6) is 0. The summed E-state index contributed by atoms with van der Waals surface area (Å²) in [4.78, 5) is 0. The molecule has 0 radical (unpaired) electrons. The van der Waals surface area contributed by atoms with E-state index in [1.54, 1.807) is 0 Å². The highest BCUT2D eigenvalue weighted by Gasteiger charge is 2.18. The molecule has 0 aliphatic carbocycles. The summed E-state index contributed by atoms with van der Waals surface area (Å²) in [5.41, 5.74) is 0. The maximum atomic E-state index is 8.14. The van der Waals surface area contributed by atoms with Gasteiger partial charge in [0.2, 0.25) is 0 Å². The molecule has 3 heteroatoms. The van der Waals surface area contributed by atoms with Crippen LogP contribution in [-0.2, 0) is 0 Å². The third kappa shape index (κ3) is 3.07. The largest absolute Gasteiger partial charge is 0.314 e. The van der Waals surface area contributed by atoms with Gasteiger partial charge in [-0.2, -0.15) is 5.26 Å². The van der Waals surface area contributed by atoms with Crippen LogP contribution >= 0.6 is 0 Å². The third-order valence-electron chi connectivity index (χ3n) is 1.30. The maximum Gasteiger partial charge on any atom is 0.0635 e. The van der Waals surface area contributed by atoms with Crippen LogP contribution in [0.1, 0.15) is 6.42 Å². The van der Waals surface area contributed by atoms with Crippen molar-refractivity contribution in [3.63, 3.8) is 0 Å². The fourth-order valence-electron chi connectivity index (χ4n) is 0.648. The van der Waals surface area contributed by atoms with E-state index in [1.807, 2.05) is 0 Å². The van der Waals surface area contributed by atoms with E-state index in [0.717, 1.165) is 19.6 Å². The quantitative estimate of drug-likeness (QED) is 0.392. The first-order valence-corrected chi connectivity index (χ1v) is 3.24. The molecule has 2 N–H and O–H groups in total. The first-order chi connectivity index (χ1) is 4.43. The number of nitrogens with zero attached hydrogens (tertiary/aromatic N) is 1. The van der Waals surface area contributed by atoms with Crippen molar-refractivity contribution in [1.29, 1.82) is 5.26 Å². The minimum Gasteiger partial charge on any atom is -0.314 e. The van der Waals surface area contributed by atoms with Crippen molar-refractivity contribution in [2.24, 2.45) is 0 Å². The van der Waals surface area contributed by atoms with Crippen molar-refractivity contribution < 1.29 is 0 Å². The lowest BCUT2D eigenvalue weighted by atomic mass is 10.4. The lowest BCUT2D eigenvalue weighted by Crippen LogP contribution is -2.21. The molecule has 1 aliphatic heterocycles. The van der Waals surface area contributed by atoms with Crippen LogP contribution in [0.15, 0.2) is 0 Å². The average Bonchev–Trinajstić information content (AvgIpc) is 2.63. The van der Waals surface area contributed by atoms with Crippen molar-refractivity contribution in [1.82, 2.24) is 10.6 Å². The zero-order valence-electron chi connectivity index (χ0n) is 5.35. The second kappa shape index (κ2) is 3.44. The summed E-state index contributed by atoms with van der Waals surface area (Å²) in [6.07, 6.45) is 0.618. The predicted octanol–water partition coefficient (Wildman–Crippen LogP) is -0.539. The normalized spacial score (nSPS) is 23.2. The molecule has 1 rings (SSSR count). The molecule has 0 aromatic rings. The second-order valence-corrected chi connectivity index (χ2v) is 2.22. The van der Waals surface area contributed by atoms with E-state index in [9.17, 15) is 0 Å². The SMILES string of the molecule is N#CCCNCC1CN1. The predicted molar refractivity (Wildman–Crippen MR) is 34.9 cm³/mol. The Hall–Kier alpha value is -0.590. The molecule has 0 saturated carbocycles. The molecule has 1 heterocycles. The van der Waals surface area contributed by atoms with Gasteiger partial charge in [-0.1, -0.05) is 0 Å². The summed E-state index contributed by atoms with van der Waals surface area (Å²) in [5, 5.41) is 14.5. The smallest absolute Gasteiger partial charge is 0.0635 e. The van der Waals surface area contributed by atoms with Gasteiger partial charge < -0.3 is 10.6 Å². The molecular weight excluding hydrogens is 114 g/mol. The topological polar surface area (TPSA) is 57.8 Å². The zero-order valence-corrected chi connectivity index (χ0v) is 5.35. The lowest BCUT2D eigenvalue weighted by molar-refractivity contribution is 0.685. The number of nitrogens with one attached hydrogen (secondary N) is 2. The van der Waals surface area contributed by atoms with Crippen LogP contribution in [0.4, 0.5) is 0 Å². The van der Waals surface area contributed by atoms with Gasteiger partial charge in [-0.3, -0.25) is 0 Å². The Bertz CT molecular complexity index is 112. The fourth-order valence-corrected chi connectivity index (χ4v) is 0.648. The number of rotatable bonds is 4. The van der Waals surface area contributed by atoms with Crippen molar-refractivity contribution >= 4 is 0 Å². The van der Waals surface area contributed by atoms with Gasteiger partial charge in [0.1, 0.15) is 0 Å². The van der Waals surface area contributed by atoms with Crippen LogP contribution < -0.4 is 10.6 Å². The van der Waals surface area contributed by atoms with E-state index in [2.05, 4.69) is 16.7 Å². The van der Waals surface area contributed by atoms with Crippen LogP contribution in [0.5, 0.6) is 0 Å². The summed E-state index contributed by atoms with van der Waals surface area (Å²) in [6, 6.07) is 2.76. The molecule has 1 fully saturated rings. The summed E-state index contributed by atoms with van der Waals surface area (Å²) in [7, 11) is 0. The fraction of sp³-hybridized carbons (Fsp3) is 0.833. The van der Waals surface area contributed by atoms with Crippen molar-refractivity contribution in [2.45, 2.75) is 12.5 Å². The lowest BCUT2D eigenvalue weighted by Gasteiger charge is -1.95. The van der Waals surface area contributed by atoms with E-state index >= 15 is 0 Å². The molecule has 50 valence electrons. The van der Waals surface area contributed by atoms with Crippen molar-refractivity contribution in [3.8, 4) is 6.07 Å². The molecule has 0 amide bonds. The van der Waals surface area contributed by atoms with Crippen LogP contribution in [0.3, 0.4) is 0 Å². The van der Waals surface area contributed by atoms with Gasteiger partial charge in [0.15, 0.2) is 0 Å². The highest BCUT2D eigenvalue weighted by molar-refractivity contribution is 4.85. The Morgan fingerprint density at radius 3 is 3.11 bits per heavy atom. The molecule has 0 aromatic heterocycles. The minimum atomic E-state index is 0.618. The molecule has 0 aromatic carbocycles. The number of hydrogen-bond acceptors (Lipinski definition) is 3. The van der Waals surface area contributed by atoms with Crippen LogP contribution in [0.25, 0.3) is 0 Å². The van der Waals surface area contributed by atoms with Gasteiger partial charge >= 0.3 is 0 Å². The summed E-state index contributed by atoms with van der Waals surface area (Å²) >= 11 is 0. The molecule has 3 nitrogen and oxygen atoms in total. The third-order valence-corrected chi connectivity index (χ3v) is 1.30. The van der Waals surface area contributed by atoms with E-state index in [-0.39, 0.29) is 0 Å². The molecule has 0 bridgehead atoms. The first-order valence-electron chi connectivity index (χ1n) is 3.24. The first kappa shape index (κ1) is 6.53. The molecule has 1 atom stereocenters. The Morgan fingerprint density at radius 1 is 1.78 bits per heavy atom. The van der Waals surface area contributed by atoms with Crippen LogP contribution in [-0.4, -0.2) is 25.7 Å². The Morgan fingerprint density at radius 2 is 2.56 bits per heavy atom. The van der Waals surface area contributed by atoms with Gasteiger partial charge in [-0.05, 0) is 0 Å². The van der Waals surface area contributed by atoms with Crippen LogP contribution in [0, 0.1) is 11.3 Å². The van der Waals surface area contributed by atoms with Crippen molar-refractivity contribution in [2.75, 3.05) is 19.6 Å². The van der Waals surface area contributed by atoms with Gasteiger partial charge in [0.25, 0.3) is 0 Å². The molecular formula is C6H11N3. The van der Waals surface area contributed by atoms with Gasteiger partial charge in [-0.15, -0.1) is 0 Å². The highest BCUT2D eigenvalue weighted by atomic mass is 15.1. The summed E-state index contributed by atoms with van der Waals surface area (Å²) < 4.78 is 0.